The van der Waals surface area contributed by atoms with E-state index in [2.05, 4.69) is 10.1 Å². The van der Waals surface area contributed by atoms with Gasteiger partial charge in [-0.05, 0) is 43.4 Å². The molecular weight excluding hydrogens is 446 g/mol. The van der Waals surface area contributed by atoms with Crippen molar-refractivity contribution < 1.29 is 43.2 Å². The first kappa shape index (κ1) is 28.9. The molecule has 0 bridgehead atoms. The molecule has 0 heterocycles. The van der Waals surface area contributed by atoms with Crippen molar-refractivity contribution in [2.75, 3.05) is 7.11 Å². The molecule has 2 N–H and O–H groups in total. The third-order valence-electron chi connectivity index (χ3n) is 4.35. The molecule has 0 aliphatic heterocycles. The fourth-order valence-corrected chi connectivity index (χ4v) is 3.06. The highest BCUT2D eigenvalue weighted by molar-refractivity contribution is 5.81. The minimum atomic E-state index is -2.16. The second-order valence-electron chi connectivity index (χ2n) is 9.09. The van der Waals surface area contributed by atoms with Crippen LogP contribution >= 0.6 is 0 Å². The van der Waals surface area contributed by atoms with Crippen molar-refractivity contribution in [3.05, 3.63) is 23.8 Å². The van der Waals surface area contributed by atoms with Crippen LogP contribution in [0.5, 0.6) is 11.5 Å². The second-order valence-corrected chi connectivity index (χ2v) is 9.09. The fourth-order valence-electron chi connectivity index (χ4n) is 3.06. The lowest BCUT2D eigenvalue weighted by molar-refractivity contribution is -0.166. The van der Waals surface area contributed by atoms with Gasteiger partial charge in [0.05, 0.1) is 7.11 Å². The van der Waals surface area contributed by atoms with E-state index in [0.717, 1.165) is 7.11 Å². The highest BCUT2D eigenvalue weighted by Crippen LogP contribution is 2.32. The van der Waals surface area contributed by atoms with E-state index in [0.29, 0.717) is 5.56 Å². The van der Waals surface area contributed by atoms with E-state index < -0.39 is 29.8 Å². The van der Waals surface area contributed by atoms with E-state index in [1.54, 1.807) is 13.8 Å². The highest BCUT2D eigenvalue weighted by atomic mass is 16.7. The Hall–Kier alpha value is -3.14. The fraction of sp³-hybridized carbons (Fsp3) is 0.583. The number of hydrogen-bond acceptors (Lipinski definition) is 9. The molecule has 0 aromatic heterocycles. The number of nitrogens with one attached hydrogen (secondary N) is 1. The lowest BCUT2D eigenvalue weighted by atomic mass is 10.0. The topological polar surface area (TPSA) is 137 Å². The summed E-state index contributed by atoms with van der Waals surface area (Å²) in [5.41, 5.74) is -1.81. The smallest absolute Gasteiger partial charge is 0.477 e. The number of aliphatic carboxylic acids is 1. The number of methoxy groups -OCH3 is 1. The molecule has 190 valence electrons. The predicted octanol–water partition coefficient (Wildman–Crippen LogP) is 3.69. The van der Waals surface area contributed by atoms with Crippen LogP contribution in [0.25, 0.3) is 0 Å². The van der Waals surface area contributed by atoms with Gasteiger partial charge in [0.15, 0.2) is 11.5 Å². The van der Waals surface area contributed by atoms with Gasteiger partial charge in [0.1, 0.15) is 0 Å². The molecule has 1 aromatic carbocycles. The summed E-state index contributed by atoms with van der Waals surface area (Å²) in [7, 11) is 1.07. The van der Waals surface area contributed by atoms with E-state index in [4.69, 9.17) is 14.2 Å². The van der Waals surface area contributed by atoms with Crippen LogP contribution in [0, 0.1) is 11.8 Å². The van der Waals surface area contributed by atoms with Crippen molar-refractivity contribution >= 4 is 24.1 Å². The Morgan fingerprint density at radius 2 is 1.44 bits per heavy atom. The molecule has 0 spiro atoms. The SMILES string of the molecule is COC(=O)O[C@](Cc1ccc(OC(=O)CC(C)C)c(OC(=O)CC(C)C)c1)(NC(C)C)C(=O)O. The Morgan fingerprint density at radius 1 is 0.912 bits per heavy atom. The summed E-state index contributed by atoms with van der Waals surface area (Å²) in [6, 6.07) is 3.92. The summed E-state index contributed by atoms with van der Waals surface area (Å²) in [5.74, 6) is -2.40. The summed E-state index contributed by atoms with van der Waals surface area (Å²) in [4.78, 5) is 48.5. The molecule has 0 unspecified atom stereocenters. The maximum Gasteiger partial charge on any atom is 0.510 e. The molecule has 10 heteroatoms. The number of benzene rings is 1. The van der Waals surface area contributed by atoms with E-state index in [1.165, 1.54) is 18.2 Å². The van der Waals surface area contributed by atoms with Gasteiger partial charge in [0.2, 0.25) is 0 Å². The molecule has 1 rings (SSSR count). The van der Waals surface area contributed by atoms with Crippen molar-refractivity contribution in [3.8, 4) is 11.5 Å². The molecule has 1 aromatic rings. The van der Waals surface area contributed by atoms with Gasteiger partial charge in [-0.25, -0.2) is 9.59 Å². The third-order valence-corrected chi connectivity index (χ3v) is 4.35. The van der Waals surface area contributed by atoms with Gasteiger partial charge in [0, 0.05) is 25.3 Å². The van der Waals surface area contributed by atoms with Crippen molar-refractivity contribution in [2.24, 2.45) is 11.8 Å². The van der Waals surface area contributed by atoms with Gasteiger partial charge in [-0.15, -0.1) is 0 Å². The molecule has 1 atom stereocenters. The number of carboxylic acid groups (broad SMARTS) is 1. The van der Waals surface area contributed by atoms with Gasteiger partial charge in [-0.1, -0.05) is 33.8 Å². The largest absolute Gasteiger partial charge is 0.510 e. The lowest BCUT2D eigenvalue weighted by Crippen LogP contribution is -2.59. The first-order valence-electron chi connectivity index (χ1n) is 11.1. The van der Waals surface area contributed by atoms with Crippen LogP contribution in [0.1, 0.15) is 59.9 Å². The standard InChI is InChI=1S/C24H35NO9/c1-14(2)10-20(26)32-18-9-8-17(12-19(18)33-21(27)11-15(3)4)13-24(22(28)29,25-16(5)6)34-23(30)31-7/h8-9,12,14-16,25H,10-11,13H2,1-7H3,(H,28,29)/t24-/m0/s1. The van der Waals surface area contributed by atoms with Crippen molar-refractivity contribution in [3.63, 3.8) is 0 Å². The van der Waals surface area contributed by atoms with Crippen LogP contribution in [-0.2, 0) is 30.3 Å². The van der Waals surface area contributed by atoms with Crippen molar-refractivity contribution in [1.82, 2.24) is 5.32 Å². The van der Waals surface area contributed by atoms with E-state index in [-0.39, 0.29) is 48.6 Å². The maximum absolute atomic E-state index is 12.3. The number of esters is 2. The van der Waals surface area contributed by atoms with Gasteiger partial charge < -0.3 is 24.1 Å². The zero-order valence-corrected chi connectivity index (χ0v) is 20.8. The first-order valence-corrected chi connectivity index (χ1v) is 11.1. The Labute approximate surface area is 199 Å². The summed E-state index contributed by atoms with van der Waals surface area (Å²) >= 11 is 0. The molecule has 0 radical (unpaired) electrons. The van der Waals surface area contributed by atoms with Crippen LogP contribution in [0.4, 0.5) is 4.79 Å². The van der Waals surface area contributed by atoms with Gasteiger partial charge in [-0.3, -0.25) is 14.9 Å². The lowest BCUT2D eigenvalue weighted by Gasteiger charge is -2.31. The molecule has 0 fully saturated rings. The number of ether oxygens (including phenoxy) is 4. The quantitative estimate of drug-likeness (QED) is 0.258. The number of carboxylic acids is 1. The predicted molar refractivity (Wildman–Crippen MR) is 122 cm³/mol. The average molecular weight is 482 g/mol. The van der Waals surface area contributed by atoms with Gasteiger partial charge in [-0.2, -0.15) is 0 Å². The number of hydrogen-bond donors (Lipinski definition) is 2. The molecule has 0 aliphatic carbocycles. The van der Waals surface area contributed by atoms with Crippen LogP contribution in [0.15, 0.2) is 18.2 Å². The molecule has 0 saturated carbocycles. The van der Waals surface area contributed by atoms with E-state index in [1.807, 2.05) is 27.7 Å². The monoisotopic (exact) mass is 481 g/mol. The molecule has 0 amide bonds. The summed E-state index contributed by atoms with van der Waals surface area (Å²) < 4.78 is 20.4. The van der Waals surface area contributed by atoms with Crippen LogP contribution in [0.2, 0.25) is 0 Å². The number of carbonyl (C=O) groups is 4. The maximum atomic E-state index is 12.3. The van der Waals surface area contributed by atoms with Crippen molar-refractivity contribution in [2.45, 2.75) is 72.6 Å². The minimum absolute atomic E-state index is 0.0261. The molecule has 0 aliphatic rings. The van der Waals surface area contributed by atoms with Crippen LogP contribution in [-0.4, -0.2) is 48.0 Å². The molecule has 34 heavy (non-hydrogen) atoms. The number of carbonyl (C=O) groups excluding carboxylic acids is 3. The zero-order chi connectivity index (χ0) is 26.1. The Balaban J connectivity index is 3.40. The Kier molecular flexibility index (Phi) is 11.0. The average Bonchev–Trinajstić information content (AvgIpc) is 2.67. The van der Waals surface area contributed by atoms with Gasteiger partial charge >= 0.3 is 24.1 Å². The normalized spacial score (nSPS) is 12.9. The highest BCUT2D eigenvalue weighted by Gasteiger charge is 2.44. The summed E-state index contributed by atoms with van der Waals surface area (Å²) in [6.45, 7) is 10.8. The molecule has 0 saturated heterocycles. The number of rotatable bonds is 12. The molecule has 10 nitrogen and oxygen atoms in total. The van der Waals surface area contributed by atoms with Crippen LogP contribution < -0.4 is 14.8 Å². The van der Waals surface area contributed by atoms with E-state index >= 15 is 0 Å². The zero-order valence-electron chi connectivity index (χ0n) is 20.8. The van der Waals surface area contributed by atoms with Crippen LogP contribution in [0.3, 0.4) is 0 Å². The summed E-state index contributed by atoms with van der Waals surface area (Å²) in [5, 5.41) is 12.6. The van der Waals surface area contributed by atoms with Gasteiger partial charge in [0.25, 0.3) is 5.72 Å². The summed E-state index contributed by atoms with van der Waals surface area (Å²) in [6.07, 6.45) is -1.22. The second kappa shape index (κ2) is 12.9. The third kappa shape index (κ3) is 9.38. The Morgan fingerprint density at radius 3 is 1.88 bits per heavy atom. The first-order chi connectivity index (χ1) is 15.8. The van der Waals surface area contributed by atoms with Crippen molar-refractivity contribution in [1.29, 1.82) is 0 Å². The minimum Gasteiger partial charge on any atom is -0.477 e. The Bertz CT molecular complexity index is 879. The van der Waals surface area contributed by atoms with E-state index in [9.17, 15) is 24.3 Å². The molecular formula is C24H35NO9.